The highest BCUT2D eigenvalue weighted by atomic mass is 35.5. The molecule has 1 heterocycles. The number of aromatic nitrogens is 1. The van der Waals surface area contributed by atoms with Crippen LogP contribution < -0.4 is 10.5 Å². The molecule has 0 saturated heterocycles. The largest absolute Gasteiger partial charge is 0.456 e. The number of nitro benzene ring substituents is 1. The SMILES string of the molecule is CC[C@H](N)c1ccc(Oc2ccc([N+](=O)[O-])c(Cl)c2)cn1. The Hall–Kier alpha value is -2.18. The van der Waals surface area contributed by atoms with Crippen LogP contribution in [0, 0.1) is 10.1 Å². The monoisotopic (exact) mass is 307 g/mol. The van der Waals surface area contributed by atoms with Gasteiger partial charge in [-0.1, -0.05) is 18.5 Å². The Morgan fingerprint density at radius 3 is 2.62 bits per heavy atom. The van der Waals surface area contributed by atoms with Crippen molar-refractivity contribution in [2.45, 2.75) is 19.4 Å². The summed E-state index contributed by atoms with van der Waals surface area (Å²) in [7, 11) is 0. The van der Waals surface area contributed by atoms with Crippen molar-refractivity contribution in [3.63, 3.8) is 0 Å². The predicted molar refractivity (Wildman–Crippen MR) is 79.6 cm³/mol. The maximum Gasteiger partial charge on any atom is 0.288 e. The maximum absolute atomic E-state index is 10.7. The fourth-order valence-electron chi connectivity index (χ4n) is 1.72. The van der Waals surface area contributed by atoms with E-state index < -0.39 is 4.92 Å². The molecule has 6 nitrogen and oxygen atoms in total. The normalized spacial score (nSPS) is 12.0. The van der Waals surface area contributed by atoms with Crippen molar-refractivity contribution in [2.24, 2.45) is 5.73 Å². The second-order valence-electron chi connectivity index (χ2n) is 4.41. The third-order valence-corrected chi connectivity index (χ3v) is 3.23. The molecule has 2 aromatic rings. The zero-order chi connectivity index (χ0) is 15.4. The van der Waals surface area contributed by atoms with E-state index in [1.807, 2.05) is 6.92 Å². The van der Waals surface area contributed by atoms with E-state index in [0.29, 0.717) is 11.5 Å². The molecule has 0 spiro atoms. The van der Waals surface area contributed by atoms with Gasteiger partial charge in [0.15, 0.2) is 0 Å². The topological polar surface area (TPSA) is 91.3 Å². The van der Waals surface area contributed by atoms with Crippen molar-refractivity contribution >= 4 is 17.3 Å². The van der Waals surface area contributed by atoms with Crippen LogP contribution in [0.1, 0.15) is 25.1 Å². The molecule has 0 unspecified atom stereocenters. The van der Waals surface area contributed by atoms with Crippen LogP contribution in [0.3, 0.4) is 0 Å². The van der Waals surface area contributed by atoms with E-state index in [4.69, 9.17) is 22.1 Å². The molecule has 0 fully saturated rings. The van der Waals surface area contributed by atoms with E-state index in [0.717, 1.165) is 12.1 Å². The molecule has 0 saturated carbocycles. The van der Waals surface area contributed by atoms with Gasteiger partial charge in [-0.05, 0) is 24.6 Å². The number of benzene rings is 1. The quantitative estimate of drug-likeness (QED) is 0.669. The lowest BCUT2D eigenvalue weighted by molar-refractivity contribution is -0.384. The molecule has 2 N–H and O–H groups in total. The zero-order valence-electron chi connectivity index (χ0n) is 11.3. The highest BCUT2D eigenvalue weighted by Crippen LogP contribution is 2.30. The molecule has 1 aromatic heterocycles. The molecule has 7 heteroatoms. The van der Waals surface area contributed by atoms with Gasteiger partial charge in [0.25, 0.3) is 5.69 Å². The van der Waals surface area contributed by atoms with E-state index >= 15 is 0 Å². The third-order valence-electron chi connectivity index (χ3n) is 2.93. The summed E-state index contributed by atoms with van der Waals surface area (Å²) in [4.78, 5) is 14.4. The molecule has 2 rings (SSSR count). The lowest BCUT2D eigenvalue weighted by Crippen LogP contribution is -2.10. The van der Waals surface area contributed by atoms with Crippen LogP contribution in [0.25, 0.3) is 0 Å². The number of nitrogens with two attached hydrogens (primary N) is 1. The van der Waals surface area contributed by atoms with Gasteiger partial charge in [-0.25, -0.2) is 0 Å². The molecule has 0 aliphatic carbocycles. The first-order valence-electron chi connectivity index (χ1n) is 6.34. The summed E-state index contributed by atoms with van der Waals surface area (Å²) >= 11 is 5.82. The Morgan fingerprint density at radius 2 is 2.10 bits per heavy atom. The van der Waals surface area contributed by atoms with Crippen molar-refractivity contribution in [1.29, 1.82) is 0 Å². The van der Waals surface area contributed by atoms with Crippen LogP contribution >= 0.6 is 11.6 Å². The molecule has 1 atom stereocenters. The fourth-order valence-corrected chi connectivity index (χ4v) is 1.96. The summed E-state index contributed by atoms with van der Waals surface area (Å²) in [6.07, 6.45) is 2.35. The molecular weight excluding hydrogens is 294 g/mol. The van der Waals surface area contributed by atoms with Gasteiger partial charge in [0.05, 0.1) is 16.8 Å². The van der Waals surface area contributed by atoms with Crippen molar-refractivity contribution in [3.8, 4) is 11.5 Å². The second kappa shape index (κ2) is 6.51. The number of hydrogen-bond acceptors (Lipinski definition) is 5. The maximum atomic E-state index is 10.7. The van der Waals surface area contributed by atoms with Gasteiger partial charge in [-0.2, -0.15) is 0 Å². The second-order valence-corrected chi connectivity index (χ2v) is 4.81. The number of ether oxygens (including phenoxy) is 1. The van der Waals surface area contributed by atoms with E-state index in [9.17, 15) is 10.1 Å². The van der Waals surface area contributed by atoms with E-state index in [-0.39, 0.29) is 16.8 Å². The number of nitrogens with zero attached hydrogens (tertiary/aromatic N) is 2. The van der Waals surface area contributed by atoms with Crippen LogP contribution in [0.2, 0.25) is 5.02 Å². The van der Waals surface area contributed by atoms with Gasteiger partial charge < -0.3 is 10.5 Å². The average molecular weight is 308 g/mol. The molecule has 0 bridgehead atoms. The number of rotatable bonds is 5. The highest BCUT2D eigenvalue weighted by Gasteiger charge is 2.13. The summed E-state index contributed by atoms with van der Waals surface area (Å²) in [6.45, 7) is 1.98. The minimum absolute atomic E-state index is 0.0232. The van der Waals surface area contributed by atoms with Crippen LogP contribution in [0.15, 0.2) is 36.5 Å². The van der Waals surface area contributed by atoms with Gasteiger partial charge >= 0.3 is 0 Å². The highest BCUT2D eigenvalue weighted by molar-refractivity contribution is 6.32. The Labute approximate surface area is 126 Å². The Kier molecular flexibility index (Phi) is 4.72. The zero-order valence-corrected chi connectivity index (χ0v) is 12.1. The Bertz CT molecular complexity index is 646. The van der Waals surface area contributed by atoms with Crippen molar-refractivity contribution in [2.75, 3.05) is 0 Å². The molecule has 1 aromatic carbocycles. The number of nitro groups is 1. The molecular formula is C14H14ClN3O3. The predicted octanol–water partition coefficient (Wildman–Crippen LogP) is 3.85. The first-order valence-corrected chi connectivity index (χ1v) is 6.72. The lowest BCUT2D eigenvalue weighted by Gasteiger charge is -2.09. The van der Waals surface area contributed by atoms with Gasteiger partial charge in [0, 0.05) is 18.2 Å². The lowest BCUT2D eigenvalue weighted by atomic mass is 10.1. The first-order chi connectivity index (χ1) is 10.0. The molecule has 21 heavy (non-hydrogen) atoms. The van der Waals surface area contributed by atoms with Gasteiger partial charge in [-0.3, -0.25) is 15.1 Å². The van der Waals surface area contributed by atoms with E-state index in [1.54, 1.807) is 18.3 Å². The minimum Gasteiger partial charge on any atom is -0.456 e. The molecule has 0 radical (unpaired) electrons. The van der Waals surface area contributed by atoms with Crippen molar-refractivity contribution in [3.05, 3.63) is 57.4 Å². The van der Waals surface area contributed by atoms with Gasteiger partial charge in [-0.15, -0.1) is 0 Å². The van der Waals surface area contributed by atoms with Gasteiger partial charge in [0.2, 0.25) is 0 Å². The summed E-state index contributed by atoms with van der Waals surface area (Å²) in [5, 5.41) is 10.7. The fraction of sp³-hybridized carbons (Fsp3) is 0.214. The average Bonchev–Trinajstić information content (AvgIpc) is 2.47. The smallest absolute Gasteiger partial charge is 0.288 e. The summed E-state index contributed by atoms with van der Waals surface area (Å²) in [6, 6.07) is 7.60. The summed E-state index contributed by atoms with van der Waals surface area (Å²) in [5.74, 6) is 0.909. The van der Waals surface area contributed by atoms with Crippen molar-refractivity contribution < 1.29 is 9.66 Å². The minimum atomic E-state index is -0.547. The van der Waals surface area contributed by atoms with Gasteiger partial charge in [0.1, 0.15) is 16.5 Å². The summed E-state index contributed by atoms with van der Waals surface area (Å²) in [5.41, 5.74) is 6.50. The molecule has 110 valence electrons. The van der Waals surface area contributed by atoms with Crippen LogP contribution in [-0.4, -0.2) is 9.91 Å². The number of halogens is 1. The van der Waals surface area contributed by atoms with Crippen LogP contribution in [-0.2, 0) is 0 Å². The van der Waals surface area contributed by atoms with Crippen LogP contribution in [0.4, 0.5) is 5.69 Å². The van der Waals surface area contributed by atoms with E-state index in [1.165, 1.54) is 18.2 Å². The standard InChI is InChI=1S/C14H14ClN3O3/c1-2-12(16)13-5-3-10(8-17-13)21-9-4-6-14(18(19)20)11(15)7-9/h3-8,12H,2,16H2,1H3/t12-/m0/s1. The molecule has 0 aliphatic rings. The van der Waals surface area contributed by atoms with E-state index in [2.05, 4.69) is 4.98 Å². The van der Waals surface area contributed by atoms with Crippen molar-refractivity contribution in [1.82, 2.24) is 4.98 Å². The number of pyridine rings is 1. The number of hydrogen-bond donors (Lipinski definition) is 1. The van der Waals surface area contributed by atoms with Crippen LogP contribution in [0.5, 0.6) is 11.5 Å². The Balaban J connectivity index is 2.15. The molecule has 0 amide bonds. The summed E-state index contributed by atoms with van der Waals surface area (Å²) < 4.78 is 5.55. The Morgan fingerprint density at radius 1 is 1.38 bits per heavy atom. The first kappa shape index (κ1) is 15.2. The molecule has 0 aliphatic heterocycles. The third kappa shape index (κ3) is 3.68.